The molecule has 3 atom stereocenters. The molecular formula is C25H31FN4O3. The van der Waals surface area contributed by atoms with Crippen LogP contribution in [0, 0.1) is 5.82 Å². The fourth-order valence-electron chi connectivity index (χ4n) is 4.47. The summed E-state index contributed by atoms with van der Waals surface area (Å²) in [6.07, 6.45) is -0.249. The second-order valence-corrected chi connectivity index (χ2v) is 8.84. The van der Waals surface area contributed by atoms with Crippen LogP contribution in [0.2, 0.25) is 0 Å². The number of benzene rings is 2. The lowest BCUT2D eigenvalue weighted by Crippen LogP contribution is -2.48. The van der Waals surface area contributed by atoms with Gasteiger partial charge >= 0.3 is 0 Å². The van der Waals surface area contributed by atoms with E-state index in [4.69, 9.17) is 4.74 Å². The Morgan fingerprint density at radius 2 is 1.85 bits per heavy atom. The highest BCUT2D eigenvalue weighted by atomic mass is 19.1. The Bertz CT molecular complexity index is 1070. The maximum atomic E-state index is 13.1. The second kappa shape index (κ2) is 10.4. The van der Waals surface area contributed by atoms with Gasteiger partial charge in [-0.25, -0.2) is 9.37 Å². The number of ether oxygens (including phenoxy) is 1. The minimum atomic E-state index is -0.610. The number of nitrogens with zero attached hydrogens (tertiary/aromatic N) is 3. The number of β-amino-alcohol motifs (C(OH)–C–C–N with tert-alkyl or cyclic N) is 1. The first-order valence-electron chi connectivity index (χ1n) is 11.4. The van der Waals surface area contributed by atoms with Gasteiger partial charge < -0.3 is 19.7 Å². The number of rotatable bonds is 8. The molecule has 3 unspecified atom stereocenters. The summed E-state index contributed by atoms with van der Waals surface area (Å²) in [7, 11) is 0. The Balaban J connectivity index is 1.43. The van der Waals surface area contributed by atoms with Crippen LogP contribution in [0.5, 0.6) is 0 Å². The Hall–Kier alpha value is -2.81. The topological polar surface area (TPSA) is 79.6 Å². The number of fused-ring (bicyclic) bond motifs is 1. The van der Waals surface area contributed by atoms with Crippen LogP contribution in [0.1, 0.15) is 25.2 Å². The molecule has 1 aromatic heterocycles. The zero-order chi connectivity index (χ0) is 23.4. The SMILES string of the molecule is CC1CN(CC(O)Cn2c(CC(=O)NCc3ccc(F)cc3)nc3ccccc32)CC(C)O1. The van der Waals surface area contributed by atoms with Crippen molar-refractivity contribution in [1.29, 1.82) is 0 Å². The van der Waals surface area contributed by atoms with Crippen molar-refractivity contribution in [1.82, 2.24) is 19.8 Å². The first kappa shape index (κ1) is 23.4. The molecule has 0 radical (unpaired) electrons. The number of aliphatic hydroxyl groups is 1. The van der Waals surface area contributed by atoms with E-state index < -0.39 is 6.10 Å². The molecule has 176 valence electrons. The number of carbonyl (C=O) groups excluding carboxylic acids is 1. The molecule has 8 heteroatoms. The van der Waals surface area contributed by atoms with Crippen LogP contribution in [0.15, 0.2) is 48.5 Å². The first-order chi connectivity index (χ1) is 15.9. The Morgan fingerprint density at radius 1 is 1.15 bits per heavy atom. The van der Waals surface area contributed by atoms with Crippen LogP contribution in [-0.4, -0.2) is 63.4 Å². The van der Waals surface area contributed by atoms with Crippen LogP contribution < -0.4 is 5.32 Å². The van der Waals surface area contributed by atoms with Crippen molar-refractivity contribution in [3.63, 3.8) is 0 Å². The number of morpholine rings is 1. The van der Waals surface area contributed by atoms with E-state index in [0.29, 0.717) is 25.5 Å². The summed E-state index contributed by atoms with van der Waals surface area (Å²) in [5.74, 6) is 0.120. The average molecular weight is 455 g/mol. The number of amides is 1. The third kappa shape index (κ3) is 6.16. The van der Waals surface area contributed by atoms with Gasteiger partial charge in [0.15, 0.2) is 0 Å². The van der Waals surface area contributed by atoms with Crippen molar-refractivity contribution in [2.24, 2.45) is 0 Å². The monoisotopic (exact) mass is 454 g/mol. The molecule has 1 saturated heterocycles. The van der Waals surface area contributed by atoms with Gasteiger partial charge in [-0.15, -0.1) is 0 Å². The van der Waals surface area contributed by atoms with Crippen molar-refractivity contribution < 1.29 is 19.0 Å². The third-order valence-electron chi connectivity index (χ3n) is 5.81. The first-order valence-corrected chi connectivity index (χ1v) is 11.4. The number of aliphatic hydroxyl groups excluding tert-OH is 1. The molecule has 1 amide bonds. The van der Waals surface area contributed by atoms with Gasteiger partial charge in [-0.1, -0.05) is 24.3 Å². The van der Waals surface area contributed by atoms with Crippen LogP contribution in [0.25, 0.3) is 11.0 Å². The van der Waals surface area contributed by atoms with Crippen LogP contribution in [0.3, 0.4) is 0 Å². The number of halogens is 1. The van der Waals surface area contributed by atoms with E-state index >= 15 is 0 Å². The Morgan fingerprint density at radius 3 is 2.58 bits per heavy atom. The third-order valence-corrected chi connectivity index (χ3v) is 5.81. The second-order valence-electron chi connectivity index (χ2n) is 8.84. The van der Waals surface area contributed by atoms with E-state index in [0.717, 1.165) is 29.7 Å². The lowest BCUT2D eigenvalue weighted by Gasteiger charge is -2.36. The summed E-state index contributed by atoms with van der Waals surface area (Å²) in [5.41, 5.74) is 2.50. The molecule has 7 nitrogen and oxygen atoms in total. The summed E-state index contributed by atoms with van der Waals surface area (Å²) in [5, 5.41) is 13.7. The number of hydrogen-bond donors (Lipinski definition) is 2. The van der Waals surface area contributed by atoms with Gasteiger partial charge in [-0.2, -0.15) is 0 Å². The largest absolute Gasteiger partial charge is 0.390 e. The summed E-state index contributed by atoms with van der Waals surface area (Å²) < 4.78 is 20.8. The fourth-order valence-corrected chi connectivity index (χ4v) is 4.47. The normalized spacial score (nSPS) is 20.1. The number of nitrogens with one attached hydrogen (secondary N) is 1. The van der Waals surface area contributed by atoms with Gasteiger partial charge in [0.25, 0.3) is 0 Å². The maximum absolute atomic E-state index is 13.1. The molecule has 1 fully saturated rings. The fraction of sp³-hybridized carbons (Fsp3) is 0.440. The molecule has 3 aromatic rings. The number of aromatic nitrogens is 2. The number of hydrogen-bond acceptors (Lipinski definition) is 5. The average Bonchev–Trinajstić information content (AvgIpc) is 3.09. The van der Waals surface area contributed by atoms with Crippen molar-refractivity contribution in [2.75, 3.05) is 19.6 Å². The van der Waals surface area contributed by atoms with Crippen LogP contribution in [-0.2, 0) is 29.0 Å². The highest BCUT2D eigenvalue weighted by Gasteiger charge is 2.25. The molecule has 0 spiro atoms. The summed E-state index contributed by atoms with van der Waals surface area (Å²) in [6, 6.07) is 13.7. The predicted octanol–water partition coefficient (Wildman–Crippen LogP) is 2.50. The van der Waals surface area contributed by atoms with Gasteiger partial charge in [-0.05, 0) is 43.7 Å². The van der Waals surface area contributed by atoms with Gasteiger partial charge in [0, 0.05) is 26.2 Å². The minimum Gasteiger partial charge on any atom is -0.390 e. The predicted molar refractivity (Wildman–Crippen MR) is 124 cm³/mol. The number of carbonyl (C=O) groups is 1. The van der Waals surface area contributed by atoms with Gasteiger partial charge in [-0.3, -0.25) is 9.69 Å². The van der Waals surface area contributed by atoms with Gasteiger partial charge in [0.05, 0.1) is 42.3 Å². The van der Waals surface area contributed by atoms with Gasteiger partial charge in [0.2, 0.25) is 5.91 Å². The molecule has 0 bridgehead atoms. The zero-order valence-electron chi connectivity index (χ0n) is 19.1. The van der Waals surface area contributed by atoms with Crippen LogP contribution >= 0.6 is 0 Å². The molecule has 0 saturated carbocycles. The molecule has 2 aromatic carbocycles. The molecule has 0 aliphatic carbocycles. The molecule has 1 aliphatic rings. The van der Waals surface area contributed by atoms with Crippen molar-refractivity contribution >= 4 is 16.9 Å². The Labute approximate surface area is 193 Å². The standard InChI is InChI=1S/C25H31FN4O3/c1-17-13-29(14-18(2)33-17)15-21(31)16-30-23-6-4-3-5-22(23)28-24(30)11-25(32)27-12-19-7-9-20(26)10-8-19/h3-10,17-18,21,31H,11-16H2,1-2H3,(H,27,32). The molecule has 1 aliphatic heterocycles. The lowest BCUT2D eigenvalue weighted by atomic mass is 10.2. The summed E-state index contributed by atoms with van der Waals surface area (Å²) >= 11 is 0. The van der Waals surface area contributed by atoms with E-state index in [1.54, 1.807) is 12.1 Å². The van der Waals surface area contributed by atoms with E-state index in [1.807, 2.05) is 42.7 Å². The van der Waals surface area contributed by atoms with Gasteiger partial charge in [0.1, 0.15) is 11.6 Å². The molecule has 33 heavy (non-hydrogen) atoms. The van der Waals surface area contributed by atoms with E-state index in [9.17, 15) is 14.3 Å². The van der Waals surface area contributed by atoms with Crippen LogP contribution in [0.4, 0.5) is 4.39 Å². The van der Waals surface area contributed by atoms with E-state index in [1.165, 1.54) is 12.1 Å². The smallest absolute Gasteiger partial charge is 0.227 e. The van der Waals surface area contributed by atoms with E-state index in [2.05, 4.69) is 15.2 Å². The quantitative estimate of drug-likeness (QED) is 0.547. The highest BCUT2D eigenvalue weighted by molar-refractivity contribution is 5.81. The highest BCUT2D eigenvalue weighted by Crippen LogP contribution is 2.18. The van der Waals surface area contributed by atoms with Crippen molar-refractivity contribution in [3.8, 4) is 0 Å². The Kier molecular flexibility index (Phi) is 7.37. The summed E-state index contributed by atoms with van der Waals surface area (Å²) in [6.45, 7) is 6.84. The molecule has 4 rings (SSSR count). The summed E-state index contributed by atoms with van der Waals surface area (Å²) in [4.78, 5) is 19.5. The van der Waals surface area contributed by atoms with Crippen molar-refractivity contribution in [2.45, 2.75) is 51.7 Å². The number of para-hydroxylation sites is 2. The molecule has 2 N–H and O–H groups in total. The zero-order valence-corrected chi connectivity index (χ0v) is 19.1. The van der Waals surface area contributed by atoms with Crippen molar-refractivity contribution in [3.05, 3.63) is 65.7 Å². The lowest BCUT2D eigenvalue weighted by molar-refractivity contribution is -0.120. The minimum absolute atomic E-state index is 0.0915. The maximum Gasteiger partial charge on any atom is 0.227 e. The van der Waals surface area contributed by atoms with E-state index in [-0.39, 0.29) is 30.4 Å². The molecule has 2 heterocycles. The molecular weight excluding hydrogens is 423 g/mol. The number of imidazole rings is 1.